The lowest BCUT2D eigenvalue weighted by Gasteiger charge is -2.22. The molecule has 0 fully saturated rings. The number of amides is 1. The van der Waals surface area contributed by atoms with E-state index < -0.39 is 0 Å². The Kier molecular flexibility index (Phi) is 4.52. The number of carbonyl (C=O) groups excluding carboxylic acids is 1. The van der Waals surface area contributed by atoms with Gasteiger partial charge in [-0.05, 0) is 19.1 Å². The molecule has 7 nitrogen and oxygen atoms in total. The van der Waals surface area contributed by atoms with E-state index in [0.717, 1.165) is 0 Å². The van der Waals surface area contributed by atoms with E-state index in [1.54, 1.807) is 26.1 Å². The third-order valence-electron chi connectivity index (χ3n) is 3.08. The maximum Gasteiger partial charge on any atom is 0.238 e. The standard InChI is InChI=1S/C13H17N3O4/c1-9(8-17)16(2)12(18)6-5-11-14-13(15-20-11)10-4-3-7-19-10/h3-4,7,9,17H,5-6,8H2,1-2H3. The second-order valence-corrected chi connectivity index (χ2v) is 4.53. The summed E-state index contributed by atoms with van der Waals surface area (Å²) in [4.78, 5) is 17.5. The third kappa shape index (κ3) is 3.24. The van der Waals surface area contributed by atoms with Crippen LogP contribution in [0.25, 0.3) is 11.6 Å². The second kappa shape index (κ2) is 6.33. The van der Waals surface area contributed by atoms with Crippen molar-refractivity contribution in [3.05, 3.63) is 24.3 Å². The summed E-state index contributed by atoms with van der Waals surface area (Å²) in [6, 6.07) is 3.26. The minimum atomic E-state index is -0.205. The van der Waals surface area contributed by atoms with Crippen LogP contribution in [-0.4, -0.2) is 45.8 Å². The van der Waals surface area contributed by atoms with Gasteiger partial charge in [0.2, 0.25) is 17.6 Å². The van der Waals surface area contributed by atoms with Crippen LogP contribution in [0.5, 0.6) is 0 Å². The van der Waals surface area contributed by atoms with Gasteiger partial charge >= 0.3 is 0 Å². The van der Waals surface area contributed by atoms with Gasteiger partial charge in [0, 0.05) is 19.9 Å². The zero-order chi connectivity index (χ0) is 14.5. The molecule has 2 heterocycles. The van der Waals surface area contributed by atoms with E-state index >= 15 is 0 Å². The number of aliphatic hydroxyl groups is 1. The van der Waals surface area contributed by atoms with Gasteiger partial charge in [0.05, 0.1) is 18.9 Å². The van der Waals surface area contributed by atoms with Gasteiger partial charge < -0.3 is 18.9 Å². The van der Waals surface area contributed by atoms with Gasteiger partial charge in [-0.3, -0.25) is 4.79 Å². The van der Waals surface area contributed by atoms with Crippen LogP contribution in [-0.2, 0) is 11.2 Å². The van der Waals surface area contributed by atoms with Crippen molar-refractivity contribution in [2.24, 2.45) is 0 Å². The number of hydrogen-bond donors (Lipinski definition) is 1. The number of carbonyl (C=O) groups is 1. The minimum Gasteiger partial charge on any atom is -0.461 e. The second-order valence-electron chi connectivity index (χ2n) is 4.53. The molecule has 1 N–H and O–H groups in total. The molecule has 1 amide bonds. The van der Waals surface area contributed by atoms with Crippen molar-refractivity contribution in [2.75, 3.05) is 13.7 Å². The fourth-order valence-corrected chi connectivity index (χ4v) is 1.62. The number of likely N-dealkylation sites (N-methyl/N-ethyl adjacent to an activating group) is 1. The van der Waals surface area contributed by atoms with Crippen molar-refractivity contribution >= 4 is 5.91 Å². The minimum absolute atomic E-state index is 0.0640. The fourth-order valence-electron chi connectivity index (χ4n) is 1.62. The highest BCUT2D eigenvalue weighted by Gasteiger charge is 2.17. The molecular weight excluding hydrogens is 262 g/mol. The first-order valence-electron chi connectivity index (χ1n) is 6.34. The number of nitrogens with zero attached hydrogens (tertiary/aromatic N) is 3. The molecule has 1 unspecified atom stereocenters. The molecule has 0 aliphatic heterocycles. The van der Waals surface area contributed by atoms with Crippen LogP contribution in [0.3, 0.4) is 0 Å². The molecule has 0 bridgehead atoms. The topological polar surface area (TPSA) is 92.6 Å². The molecule has 0 spiro atoms. The maximum atomic E-state index is 11.9. The van der Waals surface area contributed by atoms with E-state index in [9.17, 15) is 4.79 Å². The first-order valence-corrected chi connectivity index (χ1v) is 6.34. The summed E-state index contributed by atoms with van der Waals surface area (Å²) in [6.45, 7) is 1.71. The quantitative estimate of drug-likeness (QED) is 0.851. The molecule has 0 saturated heterocycles. The Balaban J connectivity index is 1.90. The summed E-state index contributed by atoms with van der Waals surface area (Å²) >= 11 is 0. The molecule has 2 rings (SSSR count). The molecular formula is C13H17N3O4. The number of furan rings is 1. The average Bonchev–Trinajstić information content (AvgIpc) is 3.13. The van der Waals surface area contributed by atoms with E-state index in [2.05, 4.69) is 10.1 Å². The molecule has 108 valence electrons. The first-order chi connectivity index (χ1) is 9.61. The Bertz CT molecular complexity index is 550. The van der Waals surface area contributed by atoms with Crippen molar-refractivity contribution in [1.82, 2.24) is 15.0 Å². The summed E-state index contributed by atoms with van der Waals surface area (Å²) in [5.74, 6) is 1.20. The van der Waals surface area contributed by atoms with Crippen LogP contribution in [0.2, 0.25) is 0 Å². The van der Waals surface area contributed by atoms with Gasteiger partial charge in [0.25, 0.3) is 0 Å². The van der Waals surface area contributed by atoms with Crippen LogP contribution >= 0.6 is 0 Å². The van der Waals surface area contributed by atoms with Gasteiger partial charge in [-0.2, -0.15) is 4.98 Å². The zero-order valence-electron chi connectivity index (χ0n) is 11.4. The van der Waals surface area contributed by atoms with Crippen LogP contribution < -0.4 is 0 Å². The lowest BCUT2D eigenvalue weighted by Crippen LogP contribution is -2.37. The number of rotatable bonds is 6. The Hall–Kier alpha value is -2.15. The molecule has 7 heteroatoms. The molecule has 2 aromatic rings. The highest BCUT2D eigenvalue weighted by atomic mass is 16.5. The molecule has 2 aromatic heterocycles. The summed E-state index contributed by atoms with van der Waals surface area (Å²) in [7, 11) is 1.66. The van der Waals surface area contributed by atoms with Gasteiger partial charge in [-0.1, -0.05) is 5.16 Å². The van der Waals surface area contributed by atoms with Crippen molar-refractivity contribution in [2.45, 2.75) is 25.8 Å². The summed E-state index contributed by atoms with van der Waals surface area (Å²) in [5, 5.41) is 12.8. The first kappa shape index (κ1) is 14.3. The Morgan fingerprint density at radius 2 is 2.35 bits per heavy atom. The van der Waals surface area contributed by atoms with Crippen molar-refractivity contribution < 1.29 is 18.8 Å². The lowest BCUT2D eigenvalue weighted by molar-refractivity contribution is -0.132. The zero-order valence-corrected chi connectivity index (χ0v) is 11.4. The largest absolute Gasteiger partial charge is 0.461 e. The van der Waals surface area contributed by atoms with Gasteiger partial charge in [-0.25, -0.2) is 0 Å². The Morgan fingerprint density at radius 3 is 3.00 bits per heavy atom. The molecule has 0 aliphatic rings. The average molecular weight is 279 g/mol. The van der Waals surface area contributed by atoms with Gasteiger partial charge in [0.15, 0.2) is 5.76 Å². The fraction of sp³-hybridized carbons (Fsp3) is 0.462. The monoisotopic (exact) mass is 279 g/mol. The normalized spacial score (nSPS) is 12.3. The molecule has 1 atom stereocenters. The SMILES string of the molecule is CC(CO)N(C)C(=O)CCc1nc(-c2ccco2)no1. The maximum absolute atomic E-state index is 11.9. The Morgan fingerprint density at radius 1 is 1.55 bits per heavy atom. The molecule has 20 heavy (non-hydrogen) atoms. The van der Waals surface area contributed by atoms with E-state index in [-0.39, 0.29) is 25.0 Å². The predicted octanol–water partition coefficient (Wildman–Crippen LogP) is 1.10. The molecule has 0 radical (unpaired) electrons. The van der Waals surface area contributed by atoms with Crippen LogP contribution in [0.15, 0.2) is 27.3 Å². The van der Waals surface area contributed by atoms with E-state index in [0.29, 0.717) is 23.9 Å². The summed E-state index contributed by atoms with van der Waals surface area (Å²) in [6.07, 6.45) is 2.13. The number of aromatic nitrogens is 2. The molecule has 0 aromatic carbocycles. The summed E-state index contributed by atoms with van der Waals surface area (Å²) in [5.41, 5.74) is 0. The van der Waals surface area contributed by atoms with Crippen molar-refractivity contribution in [3.8, 4) is 11.6 Å². The Labute approximate surface area is 116 Å². The number of hydrogen-bond acceptors (Lipinski definition) is 6. The van der Waals surface area contributed by atoms with Gasteiger partial charge in [-0.15, -0.1) is 0 Å². The highest BCUT2D eigenvalue weighted by molar-refractivity contribution is 5.76. The number of aliphatic hydroxyl groups excluding tert-OH is 1. The lowest BCUT2D eigenvalue weighted by atomic mass is 10.2. The van der Waals surface area contributed by atoms with E-state index in [1.807, 2.05) is 0 Å². The van der Waals surface area contributed by atoms with Crippen LogP contribution in [0.4, 0.5) is 0 Å². The van der Waals surface area contributed by atoms with E-state index in [1.165, 1.54) is 11.2 Å². The molecule has 0 saturated carbocycles. The van der Waals surface area contributed by atoms with Crippen molar-refractivity contribution in [1.29, 1.82) is 0 Å². The highest BCUT2D eigenvalue weighted by Crippen LogP contribution is 2.16. The smallest absolute Gasteiger partial charge is 0.238 e. The van der Waals surface area contributed by atoms with Gasteiger partial charge in [0.1, 0.15) is 0 Å². The van der Waals surface area contributed by atoms with Crippen LogP contribution in [0.1, 0.15) is 19.2 Å². The van der Waals surface area contributed by atoms with Crippen molar-refractivity contribution in [3.63, 3.8) is 0 Å². The summed E-state index contributed by atoms with van der Waals surface area (Å²) < 4.78 is 10.2. The number of aryl methyl sites for hydroxylation is 1. The predicted molar refractivity (Wildman–Crippen MR) is 69.6 cm³/mol. The van der Waals surface area contributed by atoms with E-state index in [4.69, 9.17) is 14.0 Å². The third-order valence-corrected chi connectivity index (χ3v) is 3.08. The van der Waals surface area contributed by atoms with Crippen LogP contribution in [0, 0.1) is 0 Å². The molecule has 0 aliphatic carbocycles.